The Morgan fingerprint density at radius 1 is 1.35 bits per heavy atom. The molecule has 2 aromatic rings. The smallest absolute Gasteiger partial charge is 0.273 e. The molecule has 1 aromatic carbocycles. The van der Waals surface area contributed by atoms with E-state index >= 15 is 0 Å². The maximum atomic E-state index is 12.7. The van der Waals surface area contributed by atoms with Gasteiger partial charge in [-0.3, -0.25) is 9.48 Å². The Morgan fingerprint density at radius 2 is 2.10 bits per heavy atom. The summed E-state index contributed by atoms with van der Waals surface area (Å²) in [5.74, 6) is 0.0470. The van der Waals surface area contributed by atoms with E-state index in [0.717, 1.165) is 17.4 Å². The minimum atomic E-state index is 0.0470. The van der Waals surface area contributed by atoms with E-state index in [4.69, 9.17) is 0 Å². The average Bonchev–Trinajstić information content (AvgIpc) is 2.87. The second-order valence-electron chi connectivity index (χ2n) is 4.90. The van der Waals surface area contributed by atoms with Crippen LogP contribution in [0.3, 0.4) is 0 Å². The Balaban J connectivity index is 1.88. The molecule has 0 fully saturated rings. The number of carbonyl (C=O) groups is 1. The van der Waals surface area contributed by atoms with Crippen LogP contribution in [-0.2, 0) is 19.5 Å². The molecule has 0 bridgehead atoms. The topological polar surface area (TPSA) is 38.1 Å². The molecule has 0 radical (unpaired) electrons. The maximum absolute atomic E-state index is 12.7. The van der Waals surface area contributed by atoms with Crippen LogP contribution < -0.4 is 0 Å². The largest absolute Gasteiger partial charge is 0.333 e. The van der Waals surface area contributed by atoms with Gasteiger partial charge in [-0.25, -0.2) is 0 Å². The number of nitrogens with zero attached hydrogens (tertiary/aromatic N) is 3. The predicted octanol–water partition coefficient (Wildman–Crippen LogP) is 2.86. The normalized spacial score (nSPS) is 14.2. The van der Waals surface area contributed by atoms with Crippen LogP contribution in [0.5, 0.6) is 0 Å². The van der Waals surface area contributed by atoms with Crippen LogP contribution in [-0.4, -0.2) is 27.1 Å². The van der Waals surface area contributed by atoms with Crippen molar-refractivity contribution in [3.05, 3.63) is 51.8 Å². The van der Waals surface area contributed by atoms with E-state index in [0.29, 0.717) is 18.8 Å². The summed E-state index contributed by atoms with van der Waals surface area (Å²) in [5.41, 5.74) is 3.23. The molecule has 2 heterocycles. The van der Waals surface area contributed by atoms with Crippen LogP contribution in [0.25, 0.3) is 0 Å². The first kappa shape index (κ1) is 13.4. The zero-order valence-electron chi connectivity index (χ0n) is 11.3. The van der Waals surface area contributed by atoms with Crippen LogP contribution in [0.2, 0.25) is 0 Å². The van der Waals surface area contributed by atoms with E-state index in [9.17, 15) is 4.79 Å². The molecule has 0 aliphatic carbocycles. The molecule has 4 nitrogen and oxygen atoms in total. The van der Waals surface area contributed by atoms with Crippen LogP contribution in [0.4, 0.5) is 0 Å². The summed E-state index contributed by atoms with van der Waals surface area (Å²) < 4.78 is 2.51. The minimum absolute atomic E-state index is 0.0470. The average molecular weight is 334 g/mol. The molecule has 3 rings (SSSR count). The van der Waals surface area contributed by atoms with Gasteiger partial charge in [-0.1, -0.05) is 24.3 Å². The minimum Gasteiger partial charge on any atom is -0.333 e. The molecule has 1 amide bonds. The summed E-state index contributed by atoms with van der Waals surface area (Å²) in [4.78, 5) is 14.6. The lowest BCUT2D eigenvalue weighted by atomic mass is 10.00. The van der Waals surface area contributed by atoms with E-state index in [1.165, 1.54) is 11.1 Å². The summed E-state index contributed by atoms with van der Waals surface area (Å²) in [5, 5.41) is 4.22. The zero-order valence-corrected chi connectivity index (χ0v) is 12.9. The number of carbonyl (C=O) groups excluding carboxylic acids is 1. The van der Waals surface area contributed by atoms with E-state index in [1.807, 2.05) is 17.9 Å². The van der Waals surface area contributed by atoms with Crippen molar-refractivity contribution in [1.29, 1.82) is 0 Å². The first-order valence-corrected chi connectivity index (χ1v) is 7.57. The molecule has 5 heteroatoms. The van der Waals surface area contributed by atoms with Crippen LogP contribution >= 0.6 is 15.9 Å². The number of amides is 1. The number of fused-ring (bicyclic) bond motifs is 1. The second-order valence-corrected chi connectivity index (χ2v) is 5.76. The molecular weight excluding hydrogens is 318 g/mol. The van der Waals surface area contributed by atoms with E-state index in [2.05, 4.69) is 39.2 Å². The van der Waals surface area contributed by atoms with Gasteiger partial charge < -0.3 is 4.90 Å². The molecule has 0 N–H and O–H groups in total. The highest BCUT2D eigenvalue weighted by Gasteiger charge is 2.25. The molecule has 104 valence electrons. The van der Waals surface area contributed by atoms with Gasteiger partial charge in [0.2, 0.25) is 0 Å². The van der Waals surface area contributed by atoms with Crippen molar-refractivity contribution in [2.24, 2.45) is 0 Å². The maximum Gasteiger partial charge on any atom is 0.273 e. The van der Waals surface area contributed by atoms with E-state index < -0.39 is 0 Å². The Morgan fingerprint density at radius 3 is 2.85 bits per heavy atom. The quantitative estimate of drug-likeness (QED) is 0.847. The highest BCUT2D eigenvalue weighted by atomic mass is 79.9. The summed E-state index contributed by atoms with van der Waals surface area (Å²) in [6, 6.07) is 8.32. The third-order valence-corrected chi connectivity index (χ3v) is 4.30. The number of rotatable bonds is 2. The first-order valence-electron chi connectivity index (χ1n) is 6.78. The van der Waals surface area contributed by atoms with Crippen molar-refractivity contribution < 1.29 is 4.79 Å². The third kappa shape index (κ3) is 2.26. The number of hydrogen-bond donors (Lipinski definition) is 0. The van der Waals surface area contributed by atoms with Gasteiger partial charge in [-0.2, -0.15) is 5.10 Å². The van der Waals surface area contributed by atoms with E-state index in [1.54, 1.807) is 10.9 Å². The van der Waals surface area contributed by atoms with Crippen LogP contribution in [0.15, 0.2) is 34.9 Å². The van der Waals surface area contributed by atoms with Gasteiger partial charge in [0.1, 0.15) is 5.69 Å². The molecular formula is C15H16BrN3O. The van der Waals surface area contributed by atoms with Crippen molar-refractivity contribution in [2.75, 3.05) is 6.54 Å². The molecule has 0 spiro atoms. The fourth-order valence-electron chi connectivity index (χ4n) is 2.63. The molecule has 0 atom stereocenters. The number of aromatic nitrogens is 2. The Hall–Kier alpha value is -1.62. The van der Waals surface area contributed by atoms with Crippen molar-refractivity contribution >= 4 is 21.8 Å². The molecule has 1 aliphatic rings. The summed E-state index contributed by atoms with van der Waals surface area (Å²) in [6.07, 6.45) is 2.61. The fraction of sp³-hybridized carbons (Fsp3) is 0.333. The first-order chi connectivity index (χ1) is 9.70. The number of halogens is 1. The monoisotopic (exact) mass is 333 g/mol. The second kappa shape index (κ2) is 5.40. The number of hydrogen-bond acceptors (Lipinski definition) is 2. The fourth-order valence-corrected chi connectivity index (χ4v) is 3.10. The summed E-state index contributed by atoms with van der Waals surface area (Å²) in [7, 11) is 0. The number of aryl methyl sites for hydroxylation is 1. The van der Waals surface area contributed by atoms with Crippen LogP contribution in [0, 0.1) is 0 Å². The molecule has 0 unspecified atom stereocenters. The van der Waals surface area contributed by atoms with Gasteiger partial charge in [0.25, 0.3) is 5.91 Å². The lowest BCUT2D eigenvalue weighted by molar-refractivity contribution is 0.0721. The van der Waals surface area contributed by atoms with E-state index in [-0.39, 0.29) is 5.91 Å². The van der Waals surface area contributed by atoms with Gasteiger partial charge in [0.05, 0.1) is 10.7 Å². The molecule has 1 aromatic heterocycles. The lowest BCUT2D eigenvalue weighted by Crippen LogP contribution is -2.37. The Kier molecular flexibility index (Phi) is 3.61. The highest BCUT2D eigenvalue weighted by molar-refractivity contribution is 9.10. The standard InChI is InChI=1S/C15H16BrN3O/c1-2-19-14(13(16)9-17-19)15(20)18-8-7-11-5-3-4-6-12(11)10-18/h3-6,9H,2,7-8,10H2,1H3. The van der Waals surface area contributed by atoms with Gasteiger partial charge in [0.15, 0.2) is 0 Å². The summed E-state index contributed by atoms with van der Waals surface area (Å²) >= 11 is 3.43. The van der Waals surface area contributed by atoms with Gasteiger partial charge in [-0.05, 0) is 40.4 Å². The van der Waals surface area contributed by atoms with Crippen molar-refractivity contribution in [2.45, 2.75) is 26.4 Å². The molecule has 0 saturated heterocycles. The van der Waals surface area contributed by atoms with Gasteiger partial charge in [0, 0.05) is 19.6 Å². The van der Waals surface area contributed by atoms with Crippen molar-refractivity contribution in [3.63, 3.8) is 0 Å². The van der Waals surface area contributed by atoms with Crippen LogP contribution in [0.1, 0.15) is 28.5 Å². The molecule has 1 aliphatic heterocycles. The Labute approximate surface area is 126 Å². The molecule has 0 saturated carbocycles. The Bertz CT molecular complexity index is 650. The van der Waals surface area contributed by atoms with Gasteiger partial charge >= 0.3 is 0 Å². The summed E-state index contributed by atoms with van der Waals surface area (Å²) in [6.45, 7) is 4.12. The lowest BCUT2D eigenvalue weighted by Gasteiger charge is -2.29. The highest BCUT2D eigenvalue weighted by Crippen LogP contribution is 2.23. The van der Waals surface area contributed by atoms with Crippen molar-refractivity contribution in [1.82, 2.24) is 14.7 Å². The van der Waals surface area contributed by atoms with Gasteiger partial charge in [-0.15, -0.1) is 0 Å². The van der Waals surface area contributed by atoms with Crippen molar-refractivity contribution in [3.8, 4) is 0 Å². The SMILES string of the molecule is CCn1ncc(Br)c1C(=O)N1CCc2ccccc2C1. The third-order valence-electron chi connectivity index (χ3n) is 3.71. The predicted molar refractivity (Wildman–Crippen MR) is 80.5 cm³/mol. The number of benzene rings is 1. The zero-order chi connectivity index (χ0) is 14.1. The molecule has 20 heavy (non-hydrogen) atoms.